The first kappa shape index (κ1) is 9.47. The van der Waals surface area contributed by atoms with E-state index in [2.05, 4.69) is 4.37 Å². The van der Waals surface area contributed by atoms with Gasteiger partial charge in [-0.3, -0.25) is 0 Å². The number of nitrogens with zero attached hydrogens (tertiary/aromatic N) is 1. The van der Waals surface area contributed by atoms with E-state index in [4.69, 9.17) is 5.73 Å². The highest BCUT2D eigenvalue weighted by atomic mass is 32.1. The molecule has 68 valence electrons. The molecule has 0 radical (unpaired) electrons. The van der Waals surface area contributed by atoms with E-state index in [1.807, 2.05) is 0 Å². The summed E-state index contributed by atoms with van der Waals surface area (Å²) < 4.78 is 39.1. The fourth-order valence-electron chi connectivity index (χ4n) is 0.767. The van der Waals surface area contributed by atoms with Crippen LogP contribution in [-0.4, -0.2) is 10.5 Å². The Balaban J connectivity index is 2.56. The van der Waals surface area contributed by atoms with Gasteiger partial charge in [0.15, 0.2) is 0 Å². The second kappa shape index (κ2) is 3.40. The third kappa shape index (κ3) is 2.78. The fourth-order valence-corrected chi connectivity index (χ4v) is 1.35. The van der Waals surface area contributed by atoms with Crippen LogP contribution in [0.25, 0.3) is 0 Å². The lowest BCUT2D eigenvalue weighted by atomic mass is 10.1. The van der Waals surface area contributed by atoms with Crippen LogP contribution < -0.4 is 5.73 Å². The molecule has 0 aliphatic carbocycles. The molecule has 1 aromatic rings. The predicted molar refractivity (Wildman–Crippen MR) is 39.7 cm³/mol. The van der Waals surface area contributed by atoms with E-state index in [1.165, 1.54) is 6.07 Å². The summed E-state index contributed by atoms with van der Waals surface area (Å²) in [5, 5.41) is 1.60. The van der Waals surface area contributed by atoms with E-state index in [1.54, 1.807) is 5.38 Å². The predicted octanol–water partition coefficient (Wildman–Crippen LogP) is 2.10. The summed E-state index contributed by atoms with van der Waals surface area (Å²) in [6, 6.07) is 0.470. The zero-order valence-corrected chi connectivity index (χ0v) is 6.82. The van der Waals surface area contributed by atoms with Crippen LogP contribution in [0.5, 0.6) is 0 Å². The van der Waals surface area contributed by atoms with Gasteiger partial charge in [0, 0.05) is 5.38 Å². The number of hydrogen-bond donors (Lipinski definition) is 1. The van der Waals surface area contributed by atoms with Gasteiger partial charge in [0.25, 0.3) is 0 Å². The Morgan fingerprint density at radius 3 is 2.67 bits per heavy atom. The lowest BCUT2D eigenvalue weighted by Gasteiger charge is -2.10. The molecule has 1 heterocycles. The molecule has 1 rings (SSSR count). The number of aromatic nitrogens is 1. The zero-order valence-electron chi connectivity index (χ0n) is 6.01. The second-order valence-corrected chi connectivity index (χ2v) is 3.02. The molecule has 1 atom stereocenters. The van der Waals surface area contributed by atoms with Crippen molar-refractivity contribution in [3.63, 3.8) is 0 Å². The van der Waals surface area contributed by atoms with E-state index in [0.29, 0.717) is 5.69 Å². The highest BCUT2D eigenvalue weighted by molar-refractivity contribution is 7.03. The average molecular weight is 196 g/mol. The topological polar surface area (TPSA) is 38.9 Å². The summed E-state index contributed by atoms with van der Waals surface area (Å²) in [5.74, 6) is 0. The SMILES string of the molecule is NC(CC(F)(F)F)c1ccsn1. The monoisotopic (exact) mass is 196 g/mol. The molecule has 0 fully saturated rings. The maximum absolute atomic E-state index is 11.8. The van der Waals surface area contributed by atoms with Gasteiger partial charge in [-0.05, 0) is 17.6 Å². The van der Waals surface area contributed by atoms with Gasteiger partial charge < -0.3 is 5.73 Å². The fraction of sp³-hybridized carbons (Fsp3) is 0.500. The first-order chi connectivity index (χ1) is 5.49. The van der Waals surface area contributed by atoms with Gasteiger partial charge in [-0.15, -0.1) is 0 Å². The smallest absolute Gasteiger partial charge is 0.322 e. The molecule has 12 heavy (non-hydrogen) atoms. The van der Waals surface area contributed by atoms with Gasteiger partial charge >= 0.3 is 6.18 Å². The largest absolute Gasteiger partial charge is 0.390 e. The van der Waals surface area contributed by atoms with Crippen LogP contribution in [0, 0.1) is 0 Å². The van der Waals surface area contributed by atoms with E-state index < -0.39 is 18.6 Å². The summed E-state index contributed by atoms with van der Waals surface area (Å²) in [6.07, 6.45) is -5.24. The van der Waals surface area contributed by atoms with Crippen molar-refractivity contribution in [2.75, 3.05) is 0 Å². The molecule has 1 unspecified atom stereocenters. The molecule has 0 spiro atoms. The molecule has 0 saturated carbocycles. The maximum atomic E-state index is 11.8. The van der Waals surface area contributed by atoms with Crippen molar-refractivity contribution >= 4 is 11.5 Å². The molecule has 2 nitrogen and oxygen atoms in total. The Bertz CT molecular complexity index is 231. The van der Waals surface area contributed by atoms with Gasteiger partial charge in [-0.25, -0.2) is 0 Å². The Labute approximate surface area is 71.4 Å². The lowest BCUT2D eigenvalue weighted by molar-refractivity contribution is -0.138. The van der Waals surface area contributed by atoms with Crippen molar-refractivity contribution < 1.29 is 13.2 Å². The van der Waals surface area contributed by atoms with Crippen molar-refractivity contribution in [3.8, 4) is 0 Å². The van der Waals surface area contributed by atoms with Crippen LogP contribution in [-0.2, 0) is 0 Å². The highest BCUT2D eigenvalue weighted by Crippen LogP contribution is 2.27. The number of nitrogens with two attached hydrogens (primary N) is 1. The molecule has 0 aliphatic rings. The van der Waals surface area contributed by atoms with Crippen molar-refractivity contribution in [2.24, 2.45) is 5.73 Å². The van der Waals surface area contributed by atoms with Crippen molar-refractivity contribution in [1.82, 2.24) is 4.37 Å². The normalized spacial score (nSPS) is 14.7. The standard InChI is InChI=1S/C6H7F3N2S/c7-6(8,9)3-4(10)5-1-2-12-11-5/h1-2,4H,3,10H2. The third-order valence-corrected chi connectivity index (χ3v) is 1.86. The van der Waals surface area contributed by atoms with Gasteiger partial charge in [-0.2, -0.15) is 17.5 Å². The van der Waals surface area contributed by atoms with E-state index in [-0.39, 0.29) is 0 Å². The maximum Gasteiger partial charge on any atom is 0.390 e. The summed E-state index contributed by atoms with van der Waals surface area (Å²) in [6.45, 7) is 0. The lowest BCUT2D eigenvalue weighted by Crippen LogP contribution is -2.20. The zero-order chi connectivity index (χ0) is 9.19. The first-order valence-electron chi connectivity index (χ1n) is 3.21. The molecular formula is C6H7F3N2S. The van der Waals surface area contributed by atoms with Crippen LogP contribution >= 0.6 is 11.5 Å². The van der Waals surface area contributed by atoms with E-state index in [0.717, 1.165) is 11.5 Å². The number of halogens is 3. The van der Waals surface area contributed by atoms with Crippen molar-refractivity contribution in [2.45, 2.75) is 18.6 Å². The summed E-state index contributed by atoms with van der Waals surface area (Å²) in [4.78, 5) is 0. The average Bonchev–Trinajstić information content (AvgIpc) is 2.32. The van der Waals surface area contributed by atoms with Gasteiger partial charge in [0.1, 0.15) is 0 Å². The third-order valence-electron chi connectivity index (χ3n) is 1.29. The molecule has 0 amide bonds. The van der Waals surface area contributed by atoms with Gasteiger partial charge in [0.2, 0.25) is 0 Å². The number of hydrogen-bond acceptors (Lipinski definition) is 3. The minimum absolute atomic E-state index is 0.303. The van der Waals surface area contributed by atoms with Gasteiger partial charge in [0.05, 0.1) is 18.2 Å². The molecule has 6 heteroatoms. The Morgan fingerprint density at radius 1 is 1.58 bits per heavy atom. The molecule has 0 bridgehead atoms. The van der Waals surface area contributed by atoms with Crippen LogP contribution in [0.15, 0.2) is 11.4 Å². The van der Waals surface area contributed by atoms with E-state index >= 15 is 0 Å². The van der Waals surface area contributed by atoms with Crippen LogP contribution in [0.4, 0.5) is 13.2 Å². The summed E-state index contributed by atoms with van der Waals surface area (Å²) >= 11 is 1.10. The molecule has 2 N–H and O–H groups in total. The van der Waals surface area contributed by atoms with Crippen LogP contribution in [0.1, 0.15) is 18.2 Å². The number of alkyl halides is 3. The quantitative estimate of drug-likeness (QED) is 0.786. The van der Waals surface area contributed by atoms with Crippen molar-refractivity contribution in [3.05, 3.63) is 17.1 Å². The van der Waals surface area contributed by atoms with Crippen LogP contribution in [0.3, 0.4) is 0 Å². The molecule has 0 aliphatic heterocycles. The van der Waals surface area contributed by atoms with Crippen molar-refractivity contribution in [1.29, 1.82) is 0 Å². The summed E-state index contributed by atoms with van der Waals surface area (Å²) in [7, 11) is 0. The Hall–Kier alpha value is -0.620. The first-order valence-corrected chi connectivity index (χ1v) is 4.05. The molecule has 0 saturated heterocycles. The Kier molecular flexibility index (Phi) is 2.69. The minimum atomic E-state index is -4.22. The molecular weight excluding hydrogens is 189 g/mol. The molecule has 1 aromatic heterocycles. The number of rotatable bonds is 2. The summed E-state index contributed by atoms with van der Waals surface area (Å²) in [5.41, 5.74) is 5.55. The second-order valence-electron chi connectivity index (χ2n) is 2.35. The van der Waals surface area contributed by atoms with Gasteiger partial charge in [-0.1, -0.05) is 0 Å². The molecule has 0 aromatic carbocycles. The van der Waals surface area contributed by atoms with E-state index in [9.17, 15) is 13.2 Å². The Morgan fingerprint density at radius 2 is 2.25 bits per heavy atom. The van der Waals surface area contributed by atoms with Crippen LogP contribution in [0.2, 0.25) is 0 Å². The minimum Gasteiger partial charge on any atom is -0.322 e. The highest BCUT2D eigenvalue weighted by Gasteiger charge is 2.31.